The van der Waals surface area contributed by atoms with Crippen molar-refractivity contribution in [1.29, 1.82) is 0 Å². The van der Waals surface area contributed by atoms with E-state index in [2.05, 4.69) is 5.32 Å². The Kier molecular flexibility index (Phi) is 6.18. The van der Waals surface area contributed by atoms with Crippen LogP contribution in [0.4, 0.5) is 5.69 Å². The largest absolute Gasteiger partial charge is 0.491 e. The van der Waals surface area contributed by atoms with Gasteiger partial charge in [-0.05, 0) is 31.2 Å². The molecule has 1 amide bonds. The predicted octanol–water partition coefficient (Wildman–Crippen LogP) is 1.39. The lowest BCUT2D eigenvalue weighted by Gasteiger charge is -2.09. The molecule has 0 aliphatic heterocycles. The second kappa shape index (κ2) is 7.68. The average Bonchev–Trinajstić information content (AvgIpc) is 2.30. The van der Waals surface area contributed by atoms with Crippen molar-refractivity contribution in [2.45, 2.75) is 19.4 Å². The van der Waals surface area contributed by atoms with E-state index in [1.165, 1.54) is 0 Å². The molecule has 0 heterocycles. The number of anilines is 1. The monoisotopic (exact) mass is 252 g/mol. The van der Waals surface area contributed by atoms with Gasteiger partial charge in [-0.1, -0.05) is 0 Å². The molecule has 0 aliphatic carbocycles. The number of hydrogen-bond acceptors (Lipinski definition) is 4. The number of nitrogens with two attached hydrogens (primary N) is 1. The summed E-state index contributed by atoms with van der Waals surface area (Å²) < 4.78 is 10.3. The highest BCUT2D eigenvalue weighted by atomic mass is 16.5. The molecule has 0 aromatic heterocycles. The highest BCUT2D eigenvalue weighted by Crippen LogP contribution is 2.15. The molecule has 5 nitrogen and oxygen atoms in total. The topological polar surface area (TPSA) is 73.6 Å². The third-order valence-corrected chi connectivity index (χ3v) is 2.20. The molecule has 0 bridgehead atoms. The molecule has 0 radical (unpaired) electrons. The summed E-state index contributed by atoms with van der Waals surface area (Å²) in [7, 11) is 1.63. The van der Waals surface area contributed by atoms with E-state index in [0.717, 1.165) is 11.4 Å². The zero-order valence-corrected chi connectivity index (χ0v) is 10.8. The average molecular weight is 252 g/mol. The van der Waals surface area contributed by atoms with Gasteiger partial charge >= 0.3 is 0 Å². The minimum atomic E-state index is -0.137. The molecule has 3 N–H and O–H groups in total. The fourth-order valence-corrected chi connectivity index (χ4v) is 1.38. The van der Waals surface area contributed by atoms with Crippen LogP contribution < -0.4 is 15.8 Å². The highest BCUT2D eigenvalue weighted by Gasteiger charge is 2.05. The van der Waals surface area contributed by atoms with Crippen LogP contribution in [0.2, 0.25) is 0 Å². The summed E-state index contributed by atoms with van der Waals surface area (Å²) in [6, 6.07) is 7.05. The molecule has 1 atom stereocenters. The van der Waals surface area contributed by atoms with E-state index in [-0.39, 0.29) is 11.9 Å². The molecule has 1 rings (SSSR count). The Morgan fingerprint density at radius 3 is 2.56 bits per heavy atom. The van der Waals surface area contributed by atoms with E-state index < -0.39 is 0 Å². The summed E-state index contributed by atoms with van der Waals surface area (Å²) >= 11 is 0. The third-order valence-electron chi connectivity index (χ3n) is 2.20. The lowest BCUT2D eigenvalue weighted by Crippen LogP contribution is -2.23. The quantitative estimate of drug-likeness (QED) is 0.719. The first-order valence-electron chi connectivity index (χ1n) is 5.89. The normalized spacial score (nSPS) is 11.9. The number of benzene rings is 1. The van der Waals surface area contributed by atoms with Crippen molar-refractivity contribution >= 4 is 11.6 Å². The number of rotatable bonds is 7. The molecule has 0 saturated carbocycles. The van der Waals surface area contributed by atoms with Gasteiger partial charge in [0.1, 0.15) is 12.4 Å². The lowest BCUT2D eigenvalue weighted by atomic mass is 10.2. The van der Waals surface area contributed by atoms with Crippen LogP contribution in [0.15, 0.2) is 24.3 Å². The molecule has 1 aromatic carbocycles. The second-order valence-corrected chi connectivity index (χ2v) is 4.10. The van der Waals surface area contributed by atoms with Gasteiger partial charge < -0.3 is 20.5 Å². The van der Waals surface area contributed by atoms with Crippen molar-refractivity contribution in [1.82, 2.24) is 0 Å². The van der Waals surface area contributed by atoms with Crippen LogP contribution in [-0.2, 0) is 9.53 Å². The van der Waals surface area contributed by atoms with Gasteiger partial charge in [-0.15, -0.1) is 0 Å². The Labute approximate surface area is 107 Å². The van der Waals surface area contributed by atoms with Crippen molar-refractivity contribution < 1.29 is 14.3 Å². The summed E-state index contributed by atoms with van der Waals surface area (Å²) in [5.41, 5.74) is 6.28. The number of nitrogens with one attached hydrogen (secondary N) is 1. The molecule has 1 aromatic rings. The van der Waals surface area contributed by atoms with Crippen molar-refractivity contribution in [3.8, 4) is 5.75 Å². The van der Waals surface area contributed by atoms with E-state index in [0.29, 0.717) is 19.6 Å². The fraction of sp³-hybridized carbons (Fsp3) is 0.462. The van der Waals surface area contributed by atoms with Crippen molar-refractivity contribution in [2.24, 2.45) is 5.73 Å². The highest BCUT2D eigenvalue weighted by molar-refractivity contribution is 5.91. The third kappa shape index (κ3) is 5.65. The summed E-state index contributed by atoms with van der Waals surface area (Å²) in [6.45, 7) is 2.85. The van der Waals surface area contributed by atoms with Crippen LogP contribution in [0.3, 0.4) is 0 Å². The number of amides is 1. The van der Waals surface area contributed by atoms with Crippen molar-refractivity contribution in [3.63, 3.8) is 0 Å². The Morgan fingerprint density at radius 2 is 2.00 bits per heavy atom. The number of methoxy groups -OCH3 is 1. The van der Waals surface area contributed by atoms with Gasteiger partial charge in [-0.2, -0.15) is 0 Å². The molecule has 0 fully saturated rings. The lowest BCUT2D eigenvalue weighted by molar-refractivity contribution is -0.116. The van der Waals surface area contributed by atoms with Gasteiger partial charge in [0.25, 0.3) is 0 Å². The maximum atomic E-state index is 11.5. The first kappa shape index (κ1) is 14.5. The second-order valence-electron chi connectivity index (χ2n) is 4.10. The Bertz CT molecular complexity index is 363. The van der Waals surface area contributed by atoms with E-state index in [9.17, 15) is 4.79 Å². The zero-order chi connectivity index (χ0) is 13.4. The summed E-state index contributed by atoms with van der Waals surface area (Å²) in [4.78, 5) is 11.5. The molecule has 18 heavy (non-hydrogen) atoms. The van der Waals surface area contributed by atoms with E-state index in [1.54, 1.807) is 38.3 Å². The van der Waals surface area contributed by atoms with Gasteiger partial charge in [0, 0.05) is 25.3 Å². The van der Waals surface area contributed by atoms with Crippen LogP contribution in [0.5, 0.6) is 5.75 Å². The molecule has 100 valence electrons. The number of carbonyl (C=O) groups is 1. The number of ether oxygens (including phenoxy) is 2. The SMILES string of the molecule is COCCOc1ccc(NC(=O)CC(C)N)cc1. The number of carbonyl (C=O) groups excluding carboxylic acids is 1. The molecule has 0 spiro atoms. The van der Waals surface area contributed by atoms with Crippen molar-refractivity contribution in [3.05, 3.63) is 24.3 Å². The summed E-state index contributed by atoms with van der Waals surface area (Å²) in [5, 5.41) is 2.77. The summed E-state index contributed by atoms with van der Waals surface area (Å²) in [6.07, 6.45) is 0.312. The first-order valence-corrected chi connectivity index (χ1v) is 5.89. The fourth-order valence-electron chi connectivity index (χ4n) is 1.38. The van der Waals surface area contributed by atoms with Gasteiger partial charge in [0.2, 0.25) is 5.91 Å². The van der Waals surface area contributed by atoms with E-state index >= 15 is 0 Å². The standard InChI is InChI=1S/C13H20N2O3/c1-10(14)9-13(16)15-11-3-5-12(6-4-11)18-8-7-17-2/h3-6,10H,7-9,14H2,1-2H3,(H,15,16). The number of hydrogen-bond donors (Lipinski definition) is 2. The van der Waals surface area contributed by atoms with Crippen LogP contribution >= 0.6 is 0 Å². The summed E-state index contributed by atoms with van der Waals surface area (Å²) in [5.74, 6) is 0.662. The Balaban J connectivity index is 2.42. The minimum Gasteiger partial charge on any atom is -0.491 e. The molecule has 1 unspecified atom stereocenters. The van der Waals surface area contributed by atoms with E-state index in [1.807, 2.05) is 0 Å². The Hall–Kier alpha value is -1.59. The van der Waals surface area contributed by atoms with Crippen LogP contribution in [0.25, 0.3) is 0 Å². The van der Waals surface area contributed by atoms with Crippen molar-refractivity contribution in [2.75, 3.05) is 25.6 Å². The minimum absolute atomic E-state index is 0.0851. The maximum Gasteiger partial charge on any atom is 0.225 e. The predicted molar refractivity (Wildman–Crippen MR) is 70.7 cm³/mol. The molecular weight excluding hydrogens is 232 g/mol. The molecule has 0 aliphatic rings. The first-order chi connectivity index (χ1) is 8.61. The maximum absolute atomic E-state index is 11.5. The zero-order valence-electron chi connectivity index (χ0n) is 10.8. The van der Waals surface area contributed by atoms with Crippen LogP contribution in [-0.4, -0.2) is 32.3 Å². The van der Waals surface area contributed by atoms with Crippen LogP contribution in [0, 0.1) is 0 Å². The van der Waals surface area contributed by atoms with Gasteiger partial charge in [0.15, 0.2) is 0 Å². The van der Waals surface area contributed by atoms with Crippen LogP contribution in [0.1, 0.15) is 13.3 Å². The molecule has 5 heteroatoms. The van der Waals surface area contributed by atoms with E-state index in [4.69, 9.17) is 15.2 Å². The van der Waals surface area contributed by atoms with Gasteiger partial charge in [0.05, 0.1) is 6.61 Å². The smallest absolute Gasteiger partial charge is 0.225 e. The van der Waals surface area contributed by atoms with Gasteiger partial charge in [-0.25, -0.2) is 0 Å². The molecular formula is C13H20N2O3. The van der Waals surface area contributed by atoms with Gasteiger partial charge in [-0.3, -0.25) is 4.79 Å². The Morgan fingerprint density at radius 1 is 1.33 bits per heavy atom. The molecule has 0 saturated heterocycles.